The third kappa shape index (κ3) is 7.27. The number of methoxy groups -OCH3 is 2. The van der Waals surface area contributed by atoms with Gasteiger partial charge in [0.15, 0.2) is 23.0 Å². The maximum absolute atomic E-state index is 14.0. The van der Waals surface area contributed by atoms with E-state index in [0.717, 1.165) is 36.0 Å². The Hall–Kier alpha value is -5.50. The van der Waals surface area contributed by atoms with Crippen molar-refractivity contribution in [3.8, 4) is 23.0 Å². The van der Waals surface area contributed by atoms with Crippen LogP contribution in [0, 0.1) is 0 Å². The largest absolute Gasteiger partial charge is 0.493 e. The minimum atomic E-state index is -0.107. The zero-order chi connectivity index (χ0) is 40.1. The fraction of sp³-hybridized carbons (Fsp3) is 0.333. The maximum atomic E-state index is 14.0. The second-order valence-corrected chi connectivity index (χ2v) is 17.6. The minimum Gasteiger partial charge on any atom is -0.493 e. The Kier molecular flexibility index (Phi) is 10.3. The summed E-state index contributed by atoms with van der Waals surface area (Å²) in [5.41, 5.74) is 7.53. The number of fused-ring (bicyclic) bond motifs is 6. The predicted octanol–water partition coefficient (Wildman–Crippen LogP) is 8.17. The van der Waals surface area contributed by atoms with Crippen LogP contribution in [-0.2, 0) is 52.1 Å². The number of hydrogen-bond acceptors (Lipinski definition) is 11. The van der Waals surface area contributed by atoms with Crippen molar-refractivity contribution >= 4 is 58.3 Å². The molecule has 2 aromatic heterocycles. The standard InChI is InChI=1S/C45H45N5O6S2/c1-6-33-12-30-23-50-32(14-43(30)58-33)20-47-37-18-41(39(54-5)16-35(37)45(50)52)56-25-28-10-26(21-48(2)3)9-27(11-28)24-55-40-17-36-34(15-38(40)53-4)44(51)49-22-29-7-8-57-42(29)13-31(49)19-46-36/h7-12,15-20,31-32H,6,13-14,21-25H2,1-5H3/t31-,32-/m0/s1. The van der Waals surface area contributed by atoms with E-state index in [2.05, 4.69) is 47.5 Å². The summed E-state index contributed by atoms with van der Waals surface area (Å²) in [5, 5.41) is 2.09. The summed E-state index contributed by atoms with van der Waals surface area (Å²) in [5.74, 6) is 1.82. The highest BCUT2D eigenvalue weighted by Gasteiger charge is 2.36. The number of rotatable bonds is 11. The summed E-state index contributed by atoms with van der Waals surface area (Å²) in [6, 6.07) is 17.5. The molecule has 58 heavy (non-hydrogen) atoms. The van der Waals surface area contributed by atoms with Gasteiger partial charge in [-0.15, -0.1) is 22.7 Å². The summed E-state index contributed by atoms with van der Waals surface area (Å²) in [6.45, 7) is 4.51. The van der Waals surface area contributed by atoms with E-state index >= 15 is 0 Å². The van der Waals surface area contributed by atoms with Crippen LogP contribution in [0.25, 0.3) is 0 Å². The monoisotopic (exact) mass is 815 g/mol. The molecule has 4 aliphatic heterocycles. The lowest BCUT2D eigenvalue weighted by Gasteiger charge is -2.32. The number of nitrogens with zero attached hydrogens (tertiary/aromatic N) is 5. The van der Waals surface area contributed by atoms with E-state index in [1.54, 1.807) is 43.8 Å². The summed E-state index contributed by atoms with van der Waals surface area (Å²) in [4.78, 5) is 47.3. The first-order valence-electron chi connectivity index (χ1n) is 19.5. The fourth-order valence-electron chi connectivity index (χ4n) is 8.23. The van der Waals surface area contributed by atoms with Crippen molar-refractivity contribution < 1.29 is 28.5 Å². The molecule has 2 atom stereocenters. The molecule has 0 saturated heterocycles. The Labute approximate surface area is 346 Å². The van der Waals surface area contributed by atoms with Crippen molar-refractivity contribution in [3.05, 3.63) is 114 Å². The predicted molar refractivity (Wildman–Crippen MR) is 228 cm³/mol. The average Bonchev–Trinajstić information content (AvgIpc) is 3.81. The number of aryl methyl sites for hydroxylation is 1. The first-order chi connectivity index (χ1) is 28.2. The van der Waals surface area contributed by atoms with Crippen LogP contribution in [0.1, 0.15) is 70.1 Å². The molecule has 0 unspecified atom stereocenters. The van der Waals surface area contributed by atoms with E-state index in [1.807, 2.05) is 53.7 Å². The molecular formula is C45H45N5O6S2. The molecule has 11 nitrogen and oxygen atoms in total. The van der Waals surface area contributed by atoms with Crippen molar-refractivity contribution in [2.45, 2.75) is 71.1 Å². The molecule has 298 valence electrons. The van der Waals surface area contributed by atoms with Gasteiger partial charge in [-0.2, -0.15) is 0 Å². The number of carbonyl (C=O) groups excluding carboxylic acids is 2. The van der Waals surface area contributed by atoms with Gasteiger partial charge >= 0.3 is 0 Å². The Morgan fingerprint density at radius 1 is 0.707 bits per heavy atom. The lowest BCUT2D eigenvalue weighted by molar-refractivity contribution is 0.0697. The van der Waals surface area contributed by atoms with Crippen LogP contribution in [0.3, 0.4) is 0 Å². The number of aliphatic imine (C=N–C) groups is 2. The second-order valence-electron chi connectivity index (χ2n) is 15.4. The molecule has 9 rings (SSSR count). The van der Waals surface area contributed by atoms with Crippen LogP contribution in [0.4, 0.5) is 11.4 Å². The third-order valence-corrected chi connectivity index (χ3v) is 13.5. The highest BCUT2D eigenvalue weighted by Crippen LogP contribution is 2.41. The van der Waals surface area contributed by atoms with Crippen molar-refractivity contribution in [1.29, 1.82) is 0 Å². The Balaban J connectivity index is 0.939. The molecule has 2 amide bonds. The number of carbonyl (C=O) groups is 2. The van der Waals surface area contributed by atoms with Crippen LogP contribution in [0.5, 0.6) is 23.0 Å². The summed E-state index contributed by atoms with van der Waals surface area (Å²) in [7, 11) is 7.23. The topological polar surface area (TPSA) is 105 Å². The zero-order valence-corrected chi connectivity index (χ0v) is 34.9. The van der Waals surface area contributed by atoms with Crippen LogP contribution in [0.2, 0.25) is 0 Å². The Bertz CT molecular complexity index is 2490. The normalized spacial score (nSPS) is 17.8. The van der Waals surface area contributed by atoms with E-state index in [-0.39, 0.29) is 37.1 Å². The molecule has 0 aliphatic carbocycles. The molecule has 0 spiro atoms. The molecular weight excluding hydrogens is 771 g/mol. The van der Waals surface area contributed by atoms with Crippen molar-refractivity contribution in [1.82, 2.24) is 14.7 Å². The molecule has 6 heterocycles. The Morgan fingerprint density at radius 3 is 1.81 bits per heavy atom. The molecule has 13 heteroatoms. The van der Waals surface area contributed by atoms with Crippen LogP contribution < -0.4 is 18.9 Å². The smallest absolute Gasteiger partial charge is 0.257 e. The fourth-order valence-corrected chi connectivity index (χ4v) is 10.4. The van der Waals surface area contributed by atoms with Crippen LogP contribution in [0.15, 0.2) is 70.0 Å². The summed E-state index contributed by atoms with van der Waals surface area (Å²) >= 11 is 3.57. The zero-order valence-electron chi connectivity index (χ0n) is 33.2. The first kappa shape index (κ1) is 38.0. The summed E-state index contributed by atoms with van der Waals surface area (Å²) in [6.07, 6.45) is 6.30. The molecule has 4 aliphatic rings. The number of hydrogen-bond donors (Lipinski definition) is 0. The van der Waals surface area contributed by atoms with E-state index in [9.17, 15) is 9.59 Å². The number of thiophene rings is 2. The molecule has 0 radical (unpaired) electrons. The van der Waals surface area contributed by atoms with Gasteiger partial charge in [0.25, 0.3) is 11.8 Å². The molecule has 5 aromatic rings. The highest BCUT2D eigenvalue weighted by molar-refractivity contribution is 7.12. The molecule has 0 bridgehead atoms. The number of benzene rings is 3. The quantitative estimate of drug-likeness (QED) is 0.133. The van der Waals surface area contributed by atoms with Crippen LogP contribution >= 0.6 is 22.7 Å². The van der Waals surface area contributed by atoms with Gasteiger partial charge in [-0.25, -0.2) is 0 Å². The van der Waals surface area contributed by atoms with Crippen molar-refractivity contribution in [2.24, 2.45) is 9.98 Å². The SMILES string of the molecule is CCc1cc2c(s1)C[C@H]1C=Nc3cc(OCc4cc(COc5cc6c(cc5OC)C(=O)N5Cc7ccsc7C[C@H]5C=N6)cc(CN(C)C)c4)c(OC)cc3C(=O)N1C2. The number of ether oxygens (including phenoxy) is 4. The van der Waals surface area contributed by atoms with Crippen molar-refractivity contribution in [2.75, 3.05) is 28.3 Å². The molecule has 0 N–H and O–H groups in total. The van der Waals surface area contributed by atoms with Gasteiger partial charge in [-0.05, 0) is 84.0 Å². The van der Waals surface area contributed by atoms with E-state index in [0.29, 0.717) is 65.1 Å². The highest BCUT2D eigenvalue weighted by atomic mass is 32.1. The molecule has 3 aromatic carbocycles. The lowest BCUT2D eigenvalue weighted by Crippen LogP contribution is -2.44. The maximum Gasteiger partial charge on any atom is 0.257 e. The van der Waals surface area contributed by atoms with Crippen LogP contribution in [-0.4, -0.2) is 79.3 Å². The van der Waals surface area contributed by atoms with Gasteiger partial charge in [0.2, 0.25) is 0 Å². The molecule has 0 saturated carbocycles. The molecule has 0 fully saturated rings. The van der Waals surface area contributed by atoms with Gasteiger partial charge in [-0.3, -0.25) is 19.6 Å². The van der Waals surface area contributed by atoms with Gasteiger partial charge in [0, 0.05) is 71.7 Å². The van der Waals surface area contributed by atoms with E-state index < -0.39 is 0 Å². The van der Waals surface area contributed by atoms with Crippen molar-refractivity contribution in [3.63, 3.8) is 0 Å². The first-order valence-corrected chi connectivity index (χ1v) is 21.2. The summed E-state index contributed by atoms with van der Waals surface area (Å²) < 4.78 is 24.4. The minimum absolute atomic E-state index is 0.0595. The third-order valence-electron chi connectivity index (χ3n) is 11.1. The van der Waals surface area contributed by atoms with Gasteiger partial charge in [0.05, 0.1) is 48.8 Å². The Morgan fingerprint density at radius 2 is 1.26 bits per heavy atom. The number of amides is 2. The average molecular weight is 816 g/mol. The lowest BCUT2D eigenvalue weighted by atomic mass is 10.0. The van der Waals surface area contributed by atoms with Gasteiger partial charge in [-0.1, -0.05) is 19.1 Å². The van der Waals surface area contributed by atoms with E-state index in [1.165, 1.54) is 25.8 Å². The van der Waals surface area contributed by atoms with Gasteiger partial charge < -0.3 is 33.6 Å². The van der Waals surface area contributed by atoms with Gasteiger partial charge in [0.1, 0.15) is 13.2 Å². The second kappa shape index (κ2) is 15.7. The van der Waals surface area contributed by atoms with E-state index in [4.69, 9.17) is 28.9 Å².